The van der Waals surface area contributed by atoms with Crippen LogP contribution in [0.15, 0.2) is 41.6 Å². The third kappa shape index (κ3) is 1.50. The van der Waals surface area contributed by atoms with Gasteiger partial charge in [-0.2, -0.15) is 0 Å². The van der Waals surface area contributed by atoms with Gasteiger partial charge in [0, 0.05) is 6.20 Å². The number of phenols is 1. The van der Waals surface area contributed by atoms with Crippen molar-refractivity contribution in [2.24, 2.45) is 0 Å². The zero-order chi connectivity index (χ0) is 9.97. The van der Waals surface area contributed by atoms with Crippen molar-refractivity contribution in [2.75, 3.05) is 0 Å². The molecule has 0 radical (unpaired) electrons. The summed E-state index contributed by atoms with van der Waals surface area (Å²) in [6.07, 6.45) is 2.79. The van der Waals surface area contributed by atoms with Crippen LogP contribution in [0.3, 0.4) is 0 Å². The molecule has 0 saturated heterocycles. The molecule has 0 saturated carbocycles. The summed E-state index contributed by atoms with van der Waals surface area (Å²) in [6, 6.07) is 6.49. The summed E-state index contributed by atoms with van der Waals surface area (Å²) in [7, 11) is 0. The fraction of sp³-hybridized carbons (Fsp3) is 0. The van der Waals surface area contributed by atoms with Crippen molar-refractivity contribution in [1.82, 2.24) is 9.97 Å². The number of nitrogens with one attached hydrogen (secondary N) is 1. The number of aromatic amines is 1. The summed E-state index contributed by atoms with van der Waals surface area (Å²) in [5, 5.41) is 9.23. The third-order valence-electron chi connectivity index (χ3n) is 1.88. The van der Waals surface area contributed by atoms with E-state index >= 15 is 0 Å². The van der Waals surface area contributed by atoms with Crippen LogP contribution in [0.1, 0.15) is 0 Å². The minimum absolute atomic E-state index is 0.130. The highest BCUT2D eigenvalue weighted by Gasteiger charge is 2.02. The highest BCUT2D eigenvalue weighted by atomic mass is 16.3. The highest BCUT2D eigenvalue weighted by Crippen LogP contribution is 2.18. The number of H-pyrrole nitrogens is 1. The summed E-state index contributed by atoms with van der Waals surface area (Å²) in [5.41, 5.74) is 0.883. The van der Waals surface area contributed by atoms with Crippen LogP contribution in [0.2, 0.25) is 0 Å². The van der Waals surface area contributed by atoms with E-state index in [9.17, 15) is 9.90 Å². The average Bonchev–Trinajstić information content (AvgIpc) is 2.18. The normalized spacial score (nSPS) is 10.0. The van der Waals surface area contributed by atoms with Crippen molar-refractivity contribution >= 4 is 0 Å². The van der Waals surface area contributed by atoms with Gasteiger partial charge in [-0.3, -0.25) is 4.79 Å². The Labute approximate surface area is 79.9 Å². The van der Waals surface area contributed by atoms with E-state index in [1.54, 1.807) is 18.2 Å². The van der Waals surface area contributed by atoms with Crippen LogP contribution in [0.5, 0.6) is 5.75 Å². The lowest BCUT2D eigenvalue weighted by Crippen LogP contribution is -2.08. The lowest BCUT2D eigenvalue weighted by molar-refractivity contribution is 0.475. The molecule has 1 heterocycles. The summed E-state index contributed by atoms with van der Waals surface area (Å²) < 4.78 is 0. The fourth-order valence-electron chi connectivity index (χ4n) is 1.22. The van der Waals surface area contributed by atoms with Crippen LogP contribution in [0, 0.1) is 0 Å². The van der Waals surface area contributed by atoms with Gasteiger partial charge in [-0.25, -0.2) is 4.98 Å². The van der Waals surface area contributed by atoms with Crippen molar-refractivity contribution in [3.05, 3.63) is 47.1 Å². The molecule has 0 bridgehead atoms. The quantitative estimate of drug-likeness (QED) is 0.705. The molecule has 0 unspecified atom stereocenters. The zero-order valence-electron chi connectivity index (χ0n) is 7.27. The summed E-state index contributed by atoms with van der Waals surface area (Å²) in [6.45, 7) is 0. The molecule has 0 atom stereocenters. The second-order valence-corrected chi connectivity index (χ2v) is 2.84. The van der Waals surface area contributed by atoms with Crippen LogP contribution in [0.4, 0.5) is 0 Å². The molecule has 0 aliphatic carbocycles. The number of rotatable bonds is 1. The zero-order valence-corrected chi connectivity index (χ0v) is 7.27. The van der Waals surface area contributed by atoms with E-state index in [1.807, 2.05) is 0 Å². The number of benzene rings is 1. The van der Waals surface area contributed by atoms with Crippen LogP contribution in [0.25, 0.3) is 11.1 Å². The standard InChI is InChI=1S/C10H8N2O2/c13-8-3-1-2-7(4-8)9-5-11-6-12-10(9)14/h1-6,13H,(H,11,12,14). The molecule has 2 N–H and O–H groups in total. The van der Waals surface area contributed by atoms with E-state index in [1.165, 1.54) is 18.6 Å². The average molecular weight is 188 g/mol. The monoisotopic (exact) mass is 188 g/mol. The van der Waals surface area contributed by atoms with Gasteiger partial charge in [-0.05, 0) is 17.7 Å². The van der Waals surface area contributed by atoms with Crippen molar-refractivity contribution in [3.63, 3.8) is 0 Å². The van der Waals surface area contributed by atoms with Gasteiger partial charge in [-0.1, -0.05) is 12.1 Å². The van der Waals surface area contributed by atoms with E-state index in [0.717, 1.165) is 0 Å². The number of hydrogen-bond donors (Lipinski definition) is 2. The van der Waals surface area contributed by atoms with Gasteiger partial charge in [0.1, 0.15) is 5.75 Å². The fourth-order valence-corrected chi connectivity index (χ4v) is 1.22. The van der Waals surface area contributed by atoms with E-state index in [2.05, 4.69) is 9.97 Å². The molecule has 1 aromatic carbocycles. The predicted molar refractivity (Wildman–Crippen MR) is 52.0 cm³/mol. The Bertz CT molecular complexity index is 505. The Balaban J connectivity index is 2.61. The molecular weight excluding hydrogens is 180 g/mol. The van der Waals surface area contributed by atoms with Crippen LogP contribution in [-0.2, 0) is 0 Å². The number of nitrogens with zero attached hydrogens (tertiary/aromatic N) is 1. The second-order valence-electron chi connectivity index (χ2n) is 2.84. The molecular formula is C10H8N2O2. The minimum Gasteiger partial charge on any atom is -0.508 e. The molecule has 0 amide bonds. The Morgan fingerprint density at radius 3 is 2.93 bits per heavy atom. The number of phenolic OH excluding ortho intramolecular Hbond substituents is 1. The first-order chi connectivity index (χ1) is 6.77. The molecule has 4 heteroatoms. The van der Waals surface area contributed by atoms with Crippen LogP contribution >= 0.6 is 0 Å². The van der Waals surface area contributed by atoms with E-state index in [-0.39, 0.29) is 11.3 Å². The molecule has 2 aromatic rings. The maximum absolute atomic E-state index is 11.4. The molecule has 0 fully saturated rings. The van der Waals surface area contributed by atoms with Crippen molar-refractivity contribution < 1.29 is 5.11 Å². The number of aromatic hydroxyl groups is 1. The molecule has 1 aromatic heterocycles. The maximum atomic E-state index is 11.4. The summed E-state index contributed by atoms with van der Waals surface area (Å²) in [4.78, 5) is 17.6. The minimum atomic E-state index is -0.217. The van der Waals surface area contributed by atoms with E-state index in [4.69, 9.17) is 0 Å². The van der Waals surface area contributed by atoms with E-state index in [0.29, 0.717) is 11.1 Å². The molecule has 4 nitrogen and oxygen atoms in total. The van der Waals surface area contributed by atoms with Gasteiger partial charge in [0.05, 0.1) is 11.9 Å². The third-order valence-corrected chi connectivity index (χ3v) is 1.88. The van der Waals surface area contributed by atoms with Gasteiger partial charge < -0.3 is 10.1 Å². The first-order valence-electron chi connectivity index (χ1n) is 4.09. The number of aromatic nitrogens is 2. The Kier molecular flexibility index (Phi) is 2.02. The molecule has 0 spiro atoms. The van der Waals surface area contributed by atoms with Gasteiger partial charge in [0.2, 0.25) is 0 Å². The summed E-state index contributed by atoms with van der Waals surface area (Å²) >= 11 is 0. The molecule has 2 rings (SSSR count). The van der Waals surface area contributed by atoms with Crippen molar-refractivity contribution in [2.45, 2.75) is 0 Å². The Morgan fingerprint density at radius 2 is 2.21 bits per heavy atom. The lowest BCUT2D eigenvalue weighted by Gasteiger charge is -1.99. The molecule has 0 aliphatic heterocycles. The van der Waals surface area contributed by atoms with Gasteiger partial charge in [0.15, 0.2) is 0 Å². The Morgan fingerprint density at radius 1 is 1.36 bits per heavy atom. The predicted octanol–water partition coefficient (Wildman–Crippen LogP) is 1.14. The van der Waals surface area contributed by atoms with Crippen LogP contribution < -0.4 is 5.56 Å². The number of hydrogen-bond acceptors (Lipinski definition) is 3. The first-order valence-corrected chi connectivity index (χ1v) is 4.09. The smallest absolute Gasteiger partial charge is 0.258 e. The largest absolute Gasteiger partial charge is 0.508 e. The lowest BCUT2D eigenvalue weighted by atomic mass is 10.1. The van der Waals surface area contributed by atoms with Crippen molar-refractivity contribution in [3.8, 4) is 16.9 Å². The summed E-state index contributed by atoms with van der Waals surface area (Å²) in [5.74, 6) is 0.130. The van der Waals surface area contributed by atoms with Gasteiger partial charge in [-0.15, -0.1) is 0 Å². The highest BCUT2D eigenvalue weighted by molar-refractivity contribution is 5.62. The molecule has 14 heavy (non-hydrogen) atoms. The maximum Gasteiger partial charge on any atom is 0.258 e. The molecule has 0 aliphatic rings. The second kappa shape index (κ2) is 3.33. The molecule has 70 valence electrons. The Hall–Kier alpha value is -2.10. The van der Waals surface area contributed by atoms with Crippen molar-refractivity contribution in [1.29, 1.82) is 0 Å². The van der Waals surface area contributed by atoms with Gasteiger partial charge >= 0.3 is 0 Å². The van der Waals surface area contributed by atoms with Crippen LogP contribution in [-0.4, -0.2) is 15.1 Å². The van der Waals surface area contributed by atoms with Gasteiger partial charge in [0.25, 0.3) is 5.56 Å². The first kappa shape index (κ1) is 8.50. The SMILES string of the molecule is O=c1[nH]cncc1-c1cccc(O)c1. The van der Waals surface area contributed by atoms with E-state index < -0.39 is 0 Å². The topological polar surface area (TPSA) is 66.0 Å².